The number of aliphatic carboxylic acids is 1. The Labute approximate surface area is 125 Å². The molecule has 2 N–H and O–H groups in total. The zero-order chi connectivity index (χ0) is 16.3. The van der Waals surface area contributed by atoms with Crippen LogP contribution in [0.4, 0.5) is 19.0 Å². The van der Waals surface area contributed by atoms with Gasteiger partial charge in [-0.2, -0.15) is 13.2 Å². The Morgan fingerprint density at radius 3 is 2.33 bits per heavy atom. The molecule has 1 aromatic heterocycles. The largest absolute Gasteiger partial charge is 0.481 e. The molecule has 1 aromatic rings. The van der Waals surface area contributed by atoms with Crippen LogP contribution in [-0.4, -0.2) is 22.6 Å². The first-order valence-electron chi connectivity index (χ1n) is 6.36. The zero-order valence-corrected chi connectivity index (χ0v) is 12.3. The number of carboxylic acid groups (broad SMARTS) is 1. The number of pyridine rings is 1. The fraction of sp³-hybridized carbons (Fsp3) is 0.538. The number of anilines is 1. The van der Waals surface area contributed by atoms with Crippen molar-refractivity contribution in [1.29, 1.82) is 0 Å². The standard InChI is InChI=1S/C13H16ClF3N2O2/c1-3-12(4-2,11(20)21)7-19-10-9(14)5-8(6-18-10)13(15,16)17/h5-6H,3-4,7H2,1-2H3,(H,18,19)(H,20,21). The molecule has 0 saturated carbocycles. The molecule has 0 atom stereocenters. The fourth-order valence-corrected chi connectivity index (χ4v) is 2.09. The highest BCUT2D eigenvalue weighted by atomic mass is 35.5. The van der Waals surface area contributed by atoms with E-state index < -0.39 is 23.1 Å². The van der Waals surface area contributed by atoms with E-state index in [1.165, 1.54) is 0 Å². The molecular weight excluding hydrogens is 309 g/mol. The number of hydrogen-bond donors (Lipinski definition) is 2. The number of nitrogens with zero attached hydrogens (tertiary/aromatic N) is 1. The smallest absolute Gasteiger partial charge is 0.417 e. The van der Waals surface area contributed by atoms with Gasteiger partial charge in [-0.3, -0.25) is 4.79 Å². The fourth-order valence-electron chi connectivity index (χ4n) is 1.85. The summed E-state index contributed by atoms with van der Waals surface area (Å²) in [4.78, 5) is 15.0. The van der Waals surface area contributed by atoms with Gasteiger partial charge in [0.05, 0.1) is 16.0 Å². The molecule has 1 rings (SSSR count). The van der Waals surface area contributed by atoms with Crippen molar-refractivity contribution >= 4 is 23.4 Å². The van der Waals surface area contributed by atoms with Crippen molar-refractivity contribution in [2.24, 2.45) is 5.41 Å². The summed E-state index contributed by atoms with van der Waals surface area (Å²) in [7, 11) is 0. The second-order valence-corrected chi connectivity index (χ2v) is 5.11. The summed E-state index contributed by atoms with van der Waals surface area (Å²) in [5.41, 5.74) is -1.96. The third-order valence-corrected chi connectivity index (χ3v) is 3.86. The van der Waals surface area contributed by atoms with Crippen LogP contribution in [0.15, 0.2) is 12.3 Å². The van der Waals surface area contributed by atoms with Crippen LogP contribution in [0, 0.1) is 5.41 Å². The molecule has 0 aliphatic rings. The van der Waals surface area contributed by atoms with Crippen molar-refractivity contribution in [3.63, 3.8) is 0 Å². The molecule has 118 valence electrons. The van der Waals surface area contributed by atoms with E-state index >= 15 is 0 Å². The maximum Gasteiger partial charge on any atom is 0.417 e. The molecule has 0 spiro atoms. The average Bonchev–Trinajstić information content (AvgIpc) is 2.40. The lowest BCUT2D eigenvalue weighted by Gasteiger charge is -2.27. The molecule has 0 fully saturated rings. The Balaban J connectivity index is 2.92. The van der Waals surface area contributed by atoms with Gasteiger partial charge in [0.15, 0.2) is 0 Å². The Morgan fingerprint density at radius 1 is 1.38 bits per heavy atom. The first kappa shape index (κ1) is 17.6. The van der Waals surface area contributed by atoms with Gasteiger partial charge >= 0.3 is 12.1 Å². The molecule has 0 saturated heterocycles. The molecular formula is C13H16ClF3N2O2. The van der Waals surface area contributed by atoms with Gasteiger partial charge in [-0.15, -0.1) is 0 Å². The van der Waals surface area contributed by atoms with E-state index in [1.807, 2.05) is 0 Å². The van der Waals surface area contributed by atoms with Gasteiger partial charge in [0.1, 0.15) is 5.82 Å². The normalized spacial score (nSPS) is 12.3. The van der Waals surface area contributed by atoms with Crippen LogP contribution in [0.1, 0.15) is 32.3 Å². The number of nitrogens with one attached hydrogen (secondary N) is 1. The molecule has 0 aromatic carbocycles. The Morgan fingerprint density at radius 2 is 1.95 bits per heavy atom. The SMILES string of the molecule is CCC(CC)(CNc1ncc(C(F)(F)F)cc1Cl)C(=O)O. The topological polar surface area (TPSA) is 62.2 Å². The number of hydrogen-bond acceptors (Lipinski definition) is 3. The van der Waals surface area contributed by atoms with Gasteiger partial charge in [0, 0.05) is 12.7 Å². The van der Waals surface area contributed by atoms with E-state index in [0.29, 0.717) is 19.0 Å². The highest BCUT2D eigenvalue weighted by molar-refractivity contribution is 6.32. The number of aromatic nitrogens is 1. The van der Waals surface area contributed by atoms with Crippen molar-refractivity contribution in [3.8, 4) is 0 Å². The summed E-state index contributed by atoms with van der Waals surface area (Å²) in [5, 5.41) is 11.8. The highest BCUT2D eigenvalue weighted by Gasteiger charge is 2.35. The van der Waals surface area contributed by atoms with E-state index in [4.69, 9.17) is 11.6 Å². The Bertz CT molecular complexity index is 517. The third kappa shape index (κ3) is 4.00. The molecule has 0 unspecified atom stereocenters. The van der Waals surface area contributed by atoms with Gasteiger partial charge in [0.2, 0.25) is 0 Å². The first-order valence-corrected chi connectivity index (χ1v) is 6.74. The monoisotopic (exact) mass is 324 g/mol. The second kappa shape index (κ2) is 6.51. The lowest BCUT2D eigenvalue weighted by Crippen LogP contribution is -2.37. The molecule has 1 heterocycles. The van der Waals surface area contributed by atoms with E-state index in [0.717, 1.165) is 6.07 Å². The molecule has 0 bridgehead atoms. The quantitative estimate of drug-likeness (QED) is 0.828. The van der Waals surface area contributed by atoms with Gasteiger partial charge in [-0.25, -0.2) is 4.98 Å². The molecule has 0 radical (unpaired) electrons. The third-order valence-electron chi connectivity index (χ3n) is 3.57. The number of alkyl halides is 3. The molecule has 8 heteroatoms. The predicted molar refractivity (Wildman–Crippen MR) is 73.4 cm³/mol. The minimum absolute atomic E-state index is 0.0351. The van der Waals surface area contributed by atoms with Crippen LogP contribution in [0.5, 0.6) is 0 Å². The van der Waals surface area contributed by atoms with Gasteiger partial charge in [0.25, 0.3) is 0 Å². The minimum Gasteiger partial charge on any atom is -0.481 e. The predicted octanol–water partition coefficient (Wildman–Crippen LogP) is 4.06. The summed E-state index contributed by atoms with van der Waals surface area (Å²) in [6, 6.07) is 0.761. The van der Waals surface area contributed by atoms with Crippen molar-refractivity contribution in [1.82, 2.24) is 4.98 Å². The van der Waals surface area contributed by atoms with Crippen LogP contribution in [0.3, 0.4) is 0 Å². The van der Waals surface area contributed by atoms with Crippen molar-refractivity contribution in [3.05, 3.63) is 22.8 Å². The lowest BCUT2D eigenvalue weighted by atomic mass is 9.82. The minimum atomic E-state index is -4.52. The summed E-state index contributed by atoms with van der Waals surface area (Å²) < 4.78 is 37.5. The number of halogens is 4. The maximum absolute atomic E-state index is 12.5. The van der Waals surface area contributed by atoms with Gasteiger partial charge < -0.3 is 10.4 Å². The molecule has 21 heavy (non-hydrogen) atoms. The molecule has 0 amide bonds. The van der Waals surface area contributed by atoms with Crippen molar-refractivity contribution < 1.29 is 23.1 Å². The number of carboxylic acids is 1. The lowest BCUT2D eigenvalue weighted by molar-refractivity contribution is -0.148. The Hall–Kier alpha value is -1.50. The average molecular weight is 325 g/mol. The van der Waals surface area contributed by atoms with E-state index in [2.05, 4.69) is 10.3 Å². The van der Waals surface area contributed by atoms with Crippen molar-refractivity contribution in [2.75, 3.05) is 11.9 Å². The van der Waals surface area contributed by atoms with Crippen LogP contribution < -0.4 is 5.32 Å². The van der Waals surface area contributed by atoms with E-state index in [9.17, 15) is 23.1 Å². The highest BCUT2D eigenvalue weighted by Crippen LogP contribution is 2.33. The van der Waals surface area contributed by atoms with Gasteiger partial charge in [-0.05, 0) is 18.9 Å². The van der Waals surface area contributed by atoms with Gasteiger partial charge in [-0.1, -0.05) is 25.4 Å². The van der Waals surface area contributed by atoms with E-state index in [1.54, 1.807) is 13.8 Å². The first-order chi connectivity index (χ1) is 9.66. The molecule has 0 aliphatic carbocycles. The van der Waals surface area contributed by atoms with Crippen LogP contribution in [-0.2, 0) is 11.0 Å². The van der Waals surface area contributed by atoms with E-state index in [-0.39, 0.29) is 17.4 Å². The number of carbonyl (C=O) groups is 1. The summed E-state index contributed by atoms with van der Waals surface area (Å²) >= 11 is 5.76. The number of rotatable bonds is 6. The van der Waals surface area contributed by atoms with Crippen LogP contribution in [0.2, 0.25) is 5.02 Å². The van der Waals surface area contributed by atoms with Crippen LogP contribution in [0.25, 0.3) is 0 Å². The molecule has 0 aliphatic heterocycles. The molecule has 4 nitrogen and oxygen atoms in total. The second-order valence-electron chi connectivity index (χ2n) is 4.70. The Kier molecular flexibility index (Phi) is 5.44. The summed E-state index contributed by atoms with van der Waals surface area (Å²) in [6.07, 6.45) is -3.10. The van der Waals surface area contributed by atoms with Crippen LogP contribution >= 0.6 is 11.6 Å². The summed E-state index contributed by atoms with van der Waals surface area (Å²) in [6.45, 7) is 3.51. The zero-order valence-electron chi connectivity index (χ0n) is 11.6. The maximum atomic E-state index is 12.5. The van der Waals surface area contributed by atoms with Crippen molar-refractivity contribution in [2.45, 2.75) is 32.9 Å². The summed E-state index contributed by atoms with van der Waals surface area (Å²) in [5.74, 6) is -0.930.